The van der Waals surface area contributed by atoms with E-state index in [9.17, 15) is 9.90 Å². The zero-order chi connectivity index (χ0) is 21.0. The molecule has 0 spiro atoms. The van der Waals surface area contributed by atoms with Gasteiger partial charge in [0.25, 0.3) is 0 Å². The number of carbonyl (C=O) groups is 1. The van der Waals surface area contributed by atoms with E-state index in [0.717, 1.165) is 47.8 Å². The quantitative estimate of drug-likeness (QED) is 0.580. The lowest BCUT2D eigenvalue weighted by molar-refractivity contribution is 0.134. The van der Waals surface area contributed by atoms with Gasteiger partial charge in [0.05, 0.1) is 12.8 Å². The van der Waals surface area contributed by atoms with Crippen molar-refractivity contribution < 1.29 is 14.6 Å². The Morgan fingerprint density at radius 3 is 2.62 bits per heavy atom. The molecule has 1 aliphatic carbocycles. The molecule has 7 heteroatoms. The van der Waals surface area contributed by atoms with Crippen molar-refractivity contribution in [2.24, 2.45) is 11.3 Å². The molecule has 29 heavy (non-hydrogen) atoms. The van der Waals surface area contributed by atoms with Gasteiger partial charge in [0.15, 0.2) is 5.13 Å². The smallest absolute Gasteiger partial charge is 0.404 e. The fourth-order valence-electron chi connectivity index (χ4n) is 4.20. The Morgan fingerprint density at radius 1 is 1.28 bits per heavy atom. The third-order valence-electron chi connectivity index (χ3n) is 5.65. The Labute approximate surface area is 176 Å². The van der Waals surface area contributed by atoms with Gasteiger partial charge in [-0.25, -0.2) is 9.78 Å². The van der Waals surface area contributed by atoms with Crippen LogP contribution in [0.4, 0.5) is 9.93 Å². The van der Waals surface area contributed by atoms with Crippen molar-refractivity contribution in [2.45, 2.75) is 58.5 Å². The fourth-order valence-corrected chi connectivity index (χ4v) is 5.00. The third-order valence-corrected chi connectivity index (χ3v) is 6.43. The van der Waals surface area contributed by atoms with E-state index in [4.69, 9.17) is 9.72 Å². The zero-order valence-electron chi connectivity index (χ0n) is 17.6. The number of anilines is 1. The zero-order valence-corrected chi connectivity index (χ0v) is 18.4. The first-order valence-corrected chi connectivity index (χ1v) is 11.0. The van der Waals surface area contributed by atoms with Crippen LogP contribution in [0, 0.1) is 11.3 Å². The second-order valence-electron chi connectivity index (χ2n) is 8.82. The van der Waals surface area contributed by atoms with E-state index in [1.54, 1.807) is 18.4 Å². The summed E-state index contributed by atoms with van der Waals surface area (Å²) in [5.41, 5.74) is 1.90. The van der Waals surface area contributed by atoms with Crippen LogP contribution in [0.3, 0.4) is 0 Å². The summed E-state index contributed by atoms with van der Waals surface area (Å²) in [7, 11) is 1.67. The molecule has 3 rings (SSSR count). The van der Waals surface area contributed by atoms with Crippen molar-refractivity contribution in [1.29, 1.82) is 0 Å². The Morgan fingerprint density at radius 2 is 2.00 bits per heavy atom. The summed E-state index contributed by atoms with van der Waals surface area (Å²) in [6.07, 6.45) is 3.12. The van der Waals surface area contributed by atoms with Crippen molar-refractivity contribution >= 4 is 22.6 Å². The van der Waals surface area contributed by atoms with E-state index in [0.29, 0.717) is 12.0 Å². The van der Waals surface area contributed by atoms with Crippen LogP contribution in [0.2, 0.25) is 0 Å². The maximum atomic E-state index is 11.2. The summed E-state index contributed by atoms with van der Waals surface area (Å²) in [5.74, 6) is 1.19. The predicted molar refractivity (Wildman–Crippen MR) is 118 cm³/mol. The molecule has 1 heterocycles. The molecule has 1 aromatic heterocycles. The van der Waals surface area contributed by atoms with Gasteiger partial charge in [-0.05, 0) is 49.1 Å². The Kier molecular flexibility index (Phi) is 6.67. The molecule has 1 aliphatic rings. The number of benzene rings is 1. The molecule has 1 fully saturated rings. The molecule has 0 bridgehead atoms. The minimum atomic E-state index is -0.932. The molecule has 0 aliphatic heterocycles. The number of methoxy groups -OCH3 is 1. The van der Waals surface area contributed by atoms with Gasteiger partial charge in [-0.2, -0.15) is 0 Å². The highest BCUT2D eigenvalue weighted by Crippen LogP contribution is 2.36. The topological polar surface area (TPSA) is 83.5 Å². The van der Waals surface area contributed by atoms with Gasteiger partial charge in [0.2, 0.25) is 0 Å². The number of aromatic nitrogens is 1. The van der Waals surface area contributed by atoms with E-state index >= 15 is 0 Å². The second-order valence-corrected chi connectivity index (χ2v) is 9.68. The van der Waals surface area contributed by atoms with E-state index in [1.165, 1.54) is 0 Å². The van der Waals surface area contributed by atoms with Crippen LogP contribution in [0.15, 0.2) is 29.6 Å². The lowest BCUT2D eigenvalue weighted by Gasteiger charge is -2.40. The molecule has 1 atom stereocenters. The number of nitrogens with zero attached hydrogens (tertiary/aromatic N) is 1. The molecular formula is C22H31N3O3S. The molecular weight excluding hydrogens is 386 g/mol. The van der Waals surface area contributed by atoms with Crippen LogP contribution in [-0.2, 0) is 0 Å². The van der Waals surface area contributed by atoms with Gasteiger partial charge in [-0.1, -0.05) is 32.9 Å². The summed E-state index contributed by atoms with van der Waals surface area (Å²) in [4.78, 5) is 16.0. The monoisotopic (exact) mass is 417 g/mol. The maximum absolute atomic E-state index is 11.2. The van der Waals surface area contributed by atoms with Crippen molar-refractivity contribution in [1.82, 2.24) is 10.3 Å². The molecule has 1 saturated carbocycles. The summed E-state index contributed by atoms with van der Waals surface area (Å²) >= 11 is 1.62. The van der Waals surface area contributed by atoms with Crippen LogP contribution in [0.5, 0.6) is 5.75 Å². The van der Waals surface area contributed by atoms with Gasteiger partial charge in [-0.3, -0.25) is 0 Å². The van der Waals surface area contributed by atoms with Crippen LogP contribution < -0.4 is 15.4 Å². The number of ether oxygens (including phenoxy) is 1. The van der Waals surface area contributed by atoms with Crippen molar-refractivity contribution in [3.05, 3.63) is 29.6 Å². The summed E-state index contributed by atoms with van der Waals surface area (Å²) in [5, 5.41) is 18.6. The Hall–Kier alpha value is -2.28. The SMILES string of the molecule is COc1cccc(-c2csc(NC3CCC(C(NC(=O)O)C(C)(C)C)CC3)n2)c1. The fraction of sp³-hybridized carbons (Fsp3) is 0.545. The van der Waals surface area contributed by atoms with Crippen molar-refractivity contribution in [3.63, 3.8) is 0 Å². The first-order chi connectivity index (χ1) is 13.8. The molecule has 1 unspecified atom stereocenters. The maximum Gasteiger partial charge on any atom is 0.404 e. The number of carboxylic acid groups (broad SMARTS) is 1. The van der Waals surface area contributed by atoms with Crippen LogP contribution in [0.25, 0.3) is 11.3 Å². The molecule has 1 amide bonds. The Balaban J connectivity index is 1.58. The van der Waals surface area contributed by atoms with Crippen LogP contribution in [-0.4, -0.2) is 35.4 Å². The van der Waals surface area contributed by atoms with E-state index < -0.39 is 6.09 Å². The number of amides is 1. The number of thiazole rings is 1. The lowest BCUT2D eigenvalue weighted by Crippen LogP contribution is -2.49. The lowest BCUT2D eigenvalue weighted by atomic mass is 9.72. The highest BCUT2D eigenvalue weighted by Gasteiger charge is 2.36. The number of hydrogen-bond donors (Lipinski definition) is 3. The molecule has 1 aromatic carbocycles. The average Bonchev–Trinajstić information content (AvgIpc) is 3.14. The van der Waals surface area contributed by atoms with E-state index in [1.807, 2.05) is 24.3 Å². The summed E-state index contributed by atoms with van der Waals surface area (Å²) in [6.45, 7) is 6.31. The molecule has 0 saturated heterocycles. The van der Waals surface area contributed by atoms with Gasteiger partial charge in [0.1, 0.15) is 5.75 Å². The van der Waals surface area contributed by atoms with Crippen LogP contribution >= 0.6 is 11.3 Å². The highest BCUT2D eigenvalue weighted by molar-refractivity contribution is 7.14. The normalized spacial score (nSPS) is 20.7. The van der Waals surface area contributed by atoms with E-state index in [2.05, 4.69) is 36.8 Å². The number of rotatable bonds is 6. The highest BCUT2D eigenvalue weighted by atomic mass is 32.1. The predicted octanol–water partition coefficient (Wildman–Crippen LogP) is 5.47. The van der Waals surface area contributed by atoms with Crippen molar-refractivity contribution in [3.8, 4) is 17.0 Å². The number of nitrogens with one attached hydrogen (secondary N) is 2. The van der Waals surface area contributed by atoms with E-state index in [-0.39, 0.29) is 11.5 Å². The molecule has 158 valence electrons. The second kappa shape index (κ2) is 9.03. The van der Waals surface area contributed by atoms with Gasteiger partial charge < -0.3 is 20.5 Å². The minimum Gasteiger partial charge on any atom is -0.497 e. The standard InChI is InChI=1S/C22H31N3O3S/c1-22(2,3)19(25-21(26)27)14-8-10-16(11-9-14)23-20-24-18(13-29-20)15-6-5-7-17(12-15)28-4/h5-7,12-14,16,19,25H,8-11H2,1-4H3,(H,23,24)(H,26,27). The first-order valence-electron chi connectivity index (χ1n) is 10.1. The molecule has 6 nitrogen and oxygen atoms in total. The van der Waals surface area contributed by atoms with Crippen LogP contribution in [0.1, 0.15) is 46.5 Å². The Bertz CT molecular complexity index is 823. The van der Waals surface area contributed by atoms with Gasteiger partial charge >= 0.3 is 6.09 Å². The van der Waals surface area contributed by atoms with Gasteiger partial charge in [-0.15, -0.1) is 11.3 Å². The molecule has 0 radical (unpaired) electrons. The number of hydrogen-bond acceptors (Lipinski definition) is 5. The first kappa shape index (κ1) is 21.4. The largest absolute Gasteiger partial charge is 0.497 e. The molecule has 2 aromatic rings. The van der Waals surface area contributed by atoms with Crippen molar-refractivity contribution in [2.75, 3.05) is 12.4 Å². The third kappa shape index (κ3) is 5.63. The summed E-state index contributed by atoms with van der Waals surface area (Å²) in [6, 6.07) is 8.28. The average molecular weight is 418 g/mol. The minimum absolute atomic E-state index is 0.0273. The van der Waals surface area contributed by atoms with Gasteiger partial charge in [0, 0.05) is 23.0 Å². The summed E-state index contributed by atoms with van der Waals surface area (Å²) < 4.78 is 5.30. The molecule has 3 N–H and O–H groups in total.